The lowest BCUT2D eigenvalue weighted by atomic mass is 9.95. The fourth-order valence-corrected chi connectivity index (χ4v) is 2.98. The third-order valence-electron chi connectivity index (χ3n) is 4.53. The Hall–Kier alpha value is -3.18. The molecule has 0 unspecified atom stereocenters. The Morgan fingerprint density at radius 1 is 1.03 bits per heavy atom. The van der Waals surface area contributed by atoms with Gasteiger partial charge in [0.05, 0.1) is 18.4 Å². The number of benzene rings is 2. The summed E-state index contributed by atoms with van der Waals surface area (Å²) in [4.78, 5) is 15.5. The van der Waals surface area contributed by atoms with Crippen LogP contribution in [0.4, 0.5) is 0 Å². The number of methoxy groups -OCH3 is 2. The van der Waals surface area contributed by atoms with E-state index in [0.29, 0.717) is 6.61 Å². The second-order valence-electron chi connectivity index (χ2n) is 6.62. The molecule has 0 radical (unpaired) electrons. The Morgan fingerprint density at radius 2 is 1.62 bits per heavy atom. The highest BCUT2D eigenvalue weighted by Crippen LogP contribution is 2.31. The SMILES string of the molecule is C=N/C(=C(\C=C(/C)CCCOC)c1ccc(C(=O)O)cc1)c1ccc(OC)cc1. The number of carbonyl (C=O) groups is 1. The van der Waals surface area contributed by atoms with Crippen molar-refractivity contribution in [2.24, 2.45) is 4.99 Å². The van der Waals surface area contributed by atoms with Crippen LogP contribution in [-0.4, -0.2) is 38.6 Å². The molecule has 0 amide bonds. The number of allylic oxidation sites excluding steroid dienone is 3. The van der Waals surface area contributed by atoms with E-state index in [1.807, 2.05) is 24.3 Å². The smallest absolute Gasteiger partial charge is 0.335 e. The molecule has 0 bridgehead atoms. The van der Waals surface area contributed by atoms with Gasteiger partial charge in [-0.25, -0.2) is 4.79 Å². The van der Waals surface area contributed by atoms with Crippen molar-refractivity contribution < 1.29 is 19.4 Å². The Balaban J connectivity index is 2.56. The van der Waals surface area contributed by atoms with Crippen LogP contribution in [0.3, 0.4) is 0 Å². The minimum Gasteiger partial charge on any atom is -0.497 e. The lowest BCUT2D eigenvalue weighted by Crippen LogP contribution is -1.97. The Kier molecular flexibility index (Phi) is 8.37. The van der Waals surface area contributed by atoms with Crippen LogP contribution in [0.25, 0.3) is 11.3 Å². The molecule has 29 heavy (non-hydrogen) atoms. The highest BCUT2D eigenvalue weighted by atomic mass is 16.5. The van der Waals surface area contributed by atoms with Crippen molar-refractivity contribution in [3.63, 3.8) is 0 Å². The molecule has 0 fully saturated rings. The molecular formula is C24H27NO4. The number of ether oxygens (including phenoxy) is 2. The topological polar surface area (TPSA) is 68.1 Å². The van der Waals surface area contributed by atoms with Gasteiger partial charge in [-0.2, -0.15) is 0 Å². The molecule has 0 atom stereocenters. The Bertz CT molecular complexity index is 893. The zero-order valence-electron chi connectivity index (χ0n) is 17.1. The molecule has 0 aliphatic rings. The third-order valence-corrected chi connectivity index (χ3v) is 4.53. The second kappa shape index (κ2) is 11.0. The molecule has 2 aromatic carbocycles. The Morgan fingerprint density at radius 3 is 2.14 bits per heavy atom. The summed E-state index contributed by atoms with van der Waals surface area (Å²) in [5.74, 6) is -0.193. The first kappa shape index (κ1) is 22.1. The van der Waals surface area contributed by atoms with E-state index in [-0.39, 0.29) is 5.56 Å². The molecule has 0 aliphatic carbocycles. The van der Waals surface area contributed by atoms with Crippen LogP contribution in [0.1, 0.15) is 41.3 Å². The van der Waals surface area contributed by atoms with Gasteiger partial charge in [-0.05, 0) is 68.4 Å². The number of hydrogen-bond acceptors (Lipinski definition) is 4. The first-order chi connectivity index (χ1) is 14.0. The van der Waals surface area contributed by atoms with E-state index in [4.69, 9.17) is 9.47 Å². The van der Waals surface area contributed by atoms with Gasteiger partial charge in [0.1, 0.15) is 5.75 Å². The normalized spacial score (nSPS) is 12.3. The molecule has 0 spiro atoms. The predicted octanol–water partition coefficient (Wildman–Crippen LogP) is 5.34. The van der Waals surface area contributed by atoms with Gasteiger partial charge in [0.25, 0.3) is 0 Å². The molecular weight excluding hydrogens is 366 g/mol. The molecule has 5 nitrogen and oxygen atoms in total. The summed E-state index contributed by atoms with van der Waals surface area (Å²) in [6.45, 7) is 6.53. The molecule has 2 aromatic rings. The van der Waals surface area contributed by atoms with Crippen LogP contribution in [0.15, 0.2) is 65.2 Å². The summed E-state index contributed by atoms with van der Waals surface area (Å²) in [7, 11) is 3.32. The van der Waals surface area contributed by atoms with E-state index >= 15 is 0 Å². The molecule has 5 heteroatoms. The number of carboxylic acid groups (broad SMARTS) is 1. The maximum Gasteiger partial charge on any atom is 0.335 e. The van der Waals surface area contributed by atoms with E-state index in [2.05, 4.69) is 24.7 Å². The van der Waals surface area contributed by atoms with Gasteiger partial charge in [0, 0.05) is 24.9 Å². The zero-order chi connectivity index (χ0) is 21.2. The van der Waals surface area contributed by atoms with Crippen molar-refractivity contribution in [1.29, 1.82) is 0 Å². The van der Waals surface area contributed by atoms with Crippen LogP contribution >= 0.6 is 0 Å². The molecule has 1 N–H and O–H groups in total. The van der Waals surface area contributed by atoms with Crippen molar-refractivity contribution >= 4 is 24.0 Å². The minimum atomic E-state index is -0.953. The number of nitrogens with zero attached hydrogens (tertiary/aromatic N) is 1. The molecule has 2 rings (SSSR count). The van der Waals surface area contributed by atoms with Crippen molar-refractivity contribution in [2.75, 3.05) is 20.8 Å². The molecule has 0 saturated carbocycles. The van der Waals surface area contributed by atoms with Gasteiger partial charge in [-0.3, -0.25) is 4.99 Å². The summed E-state index contributed by atoms with van der Waals surface area (Å²) in [6, 6.07) is 14.4. The van der Waals surface area contributed by atoms with Gasteiger partial charge >= 0.3 is 5.97 Å². The zero-order valence-corrected chi connectivity index (χ0v) is 17.1. The number of rotatable bonds is 10. The van der Waals surface area contributed by atoms with Gasteiger partial charge < -0.3 is 14.6 Å². The quantitative estimate of drug-likeness (QED) is 0.256. The average molecular weight is 393 g/mol. The largest absolute Gasteiger partial charge is 0.497 e. The lowest BCUT2D eigenvalue weighted by Gasteiger charge is -2.12. The fourth-order valence-electron chi connectivity index (χ4n) is 2.98. The molecule has 0 aliphatic heterocycles. The third kappa shape index (κ3) is 6.16. The van der Waals surface area contributed by atoms with Crippen molar-refractivity contribution in [3.8, 4) is 5.75 Å². The van der Waals surface area contributed by atoms with Gasteiger partial charge in [-0.15, -0.1) is 0 Å². The van der Waals surface area contributed by atoms with Crippen LogP contribution in [0, 0.1) is 0 Å². The van der Waals surface area contributed by atoms with Gasteiger partial charge in [-0.1, -0.05) is 23.8 Å². The molecule has 0 aromatic heterocycles. The fraction of sp³-hybridized carbons (Fsp3) is 0.250. The van der Waals surface area contributed by atoms with Crippen LogP contribution in [0.5, 0.6) is 5.75 Å². The van der Waals surface area contributed by atoms with Gasteiger partial charge in [0.15, 0.2) is 0 Å². The summed E-state index contributed by atoms with van der Waals surface area (Å²) in [6.07, 6.45) is 3.89. The average Bonchev–Trinajstić information content (AvgIpc) is 2.74. The highest BCUT2D eigenvalue weighted by Gasteiger charge is 2.11. The summed E-state index contributed by atoms with van der Waals surface area (Å²) in [5, 5.41) is 9.19. The summed E-state index contributed by atoms with van der Waals surface area (Å²) in [5.41, 5.74) is 4.80. The number of hydrogen-bond donors (Lipinski definition) is 1. The molecule has 0 saturated heterocycles. The highest BCUT2D eigenvalue weighted by molar-refractivity contribution is 5.97. The van der Waals surface area contributed by atoms with E-state index in [1.54, 1.807) is 38.5 Å². The monoisotopic (exact) mass is 393 g/mol. The van der Waals surface area contributed by atoms with Crippen LogP contribution in [-0.2, 0) is 4.74 Å². The number of carboxylic acids is 1. The second-order valence-corrected chi connectivity index (χ2v) is 6.62. The maximum absolute atomic E-state index is 11.2. The van der Waals surface area contributed by atoms with Crippen molar-refractivity contribution in [2.45, 2.75) is 19.8 Å². The minimum absolute atomic E-state index is 0.242. The van der Waals surface area contributed by atoms with E-state index in [1.165, 1.54) is 5.57 Å². The van der Waals surface area contributed by atoms with E-state index < -0.39 is 5.97 Å². The number of aromatic carboxylic acids is 1. The molecule has 0 heterocycles. The van der Waals surface area contributed by atoms with Crippen LogP contribution in [0.2, 0.25) is 0 Å². The number of aliphatic imine (C=N–C) groups is 1. The first-order valence-electron chi connectivity index (χ1n) is 9.35. The summed E-state index contributed by atoms with van der Waals surface area (Å²) < 4.78 is 10.4. The lowest BCUT2D eigenvalue weighted by molar-refractivity contribution is 0.0697. The Labute approximate surface area is 172 Å². The standard InChI is InChI=1S/C24H27NO4/c1-17(6-5-15-28-3)16-22(18-7-9-20(10-8-18)24(26)27)23(25-2)19-11-13-21(29-4)14-12-19/h7-14,16H,2,5-6,15H2,1,3-4H3,(H,26,27)/b17-16+,23-22+. The van der Waals surface area contributed by atoms with Crippen LogP contribution < -0.4 is 4.74 Å². The van der Waals surface area contributed by atoms with E-state index in [0.717, 1.165) is 41.0 Å². The summed E-state index contributed by atoms with van der Waals surface area (Å²) >= 11 is 0. The molecule has 152 valence electrons. The first-order valence-corrected chi connectivity index (χ1v) is 9.35. The maximum atomic E-state index is 11.2. The van der Waals surface area contributed by atoms with Gasteiger partial charge in [0.2, 0.25) is 0 Å². The predicted molar refractivity (Wildman–Crippen MR) is 118 cm³/mol. The van der Waals surface area contributed by atoms with Crippen molar-refractivity contribution in [1.82, 2.24) is 0 Å². The van der Waals surface area contributed by atoms with E-state index in [9.17, 15) is 9.90 Å². The van der Waals surface area contributed by atoms with Crippen molar-refractivity contribution in [3.05, 3.63) is 76.9 Å².